The largest absolute Gasteiger partial charge is 0.481 e. The molecule has 0 aliphatic carbocycles. The van der Waals surface area contributed by atoms with Gasteiger partial charge in [-0.2, -0.15) is 0 Å². The Hall–Kier alpha value is -1.82. The van der Waals surface area contributed by atoms with E-state index in [9.17, 15) is 9.59 Å². The molecule has 0 bridgehead atoms. The molecule has 1 heterocycles. The number of nitrogens with two attached hydrogens (primary N) is 1. The zero-order valence-electron chi connectivity index (χ0n) is 7.57. The van der Waals surface area contributed by atoms with E-state index in [1.807, 2.05) is 5.32 Å². The van der Waals surface area contributed by atoms with Crippen molar-refractivity contribution < 1.29 is 14.3 Å². The topological polar surface area (TPSA) is 94.3 Å². The van der Waals surface area contributed by atoms with Gasteiger partial charge in [0.05, 0.1) is 0 Å². The van der Waals surface area contributed by atoms with E-state index >= 15 is 0 Å². The summed E-state index contributed by atoms with van der Waals surface area (Å²) in [6, 6.07) is 2.22. The summed E-state index contributed by atoms with van der Waals surface area (Å²) in [6.45, 7) is -0.353. The Kier molecular flexibility index (Phi) is 3.87. The van der Waals surface area contributed by atoms with Crippen molar-refractivity contribution in [3.05, 3.63) is 23.5 Å². The van der Waals surface area contributed by atoms with Crippen LogP contribution in [0.1, 0.15) is 0 Å². The standard InChI is InChI=1S/C8H8ClN3O3/c9-7-5(2-1-3-11-7)15-4-6(13)12-8(10)14/h1-3H,4H2,(H3,10,12,13,14). The first-order chi connectivity index (χ1) is 7.09. The molecule has 0 aromatic carbocycles. The first-order valence-electron chi connectivity index (χ1n) is 3.92. The summed E-state index contributed by atoms with van der Waals surface area (Å²) in [7, 11) is 0. The molecular weight excluding hydrogens is 222 g/mol. The van der Waals surface area contributed by atoms with Crippen LogP contribution in [-0.4, -0.2) is 23.5 Å². The number of hydrogen-bond acceptors (Lipinski definition) is 4. The number of carbonyl (C=O) groups excluding carboxylic acids is 2. The second-order valence-electron chi connectivity index (χ2n) is 2.49. The Labute approximate surface area is 90.4 Å². The SMILES string of the molecule is NC(=O)NC(=O)COc1cccnc1Cl. The van der Waals surface area contributed by atoms with Gasteiger partial charge in [0, 0.05) is 6.20 Å². The normalized spacial score (nSPS) is 9.40. The Morgan fingerprint density at radius 1 is 1.60 bits per heavy atom. The smallest absolute Gasteiger partial charge is 0.318 e. The number of imide groups is 1. The van der Waals surface area contributed by atoms with Crippen molar-refractivity contribution in [2.24, 2.45) is 5.73 Å². The molecule has 3 amide bonds. The number of carbonyl (C=O) groups is 2. The van der Waals surface area contributed by atoms with E-state index in [1.165, 1.54) is 6.20 Å². The van der Waals surface area contributed by atoms with Gasteiger partial charge in [0.2, 0.25) is 0 Å². The van der Waals surface area contributed by atoms with Crippen LogP contribution in [0.25, 0.3) is 0 Å². The molecule has 0 radical (unpaired) electrons. The fourth-order valence-corrected chi connectivity index (χ4v) is 0.970. The zero-order valence-corrected chi connectivity index (χ0v) is 8.32. The molecule has 0 aliphatic heterocycles. The third-order valence-electron chi connectivity index (χ3n) is 1.35. The molecule has 1 aromatic rings. The second-order valence-corrected chi connectivity index (χ2v) is 2.85. The average Bonchev–Trinajstić information content (AvgIpc) is 2.15. The summed E-state index contributed by atoms with van der Waals surface area (Å²) in [6.07, 6.45) is 1.48. The van der Waals surface area contributed by atoms with Crippen molar-refractivity contribution in [2.45, 2.75) is 0 Å². The molecule has 3 N–H and O–H groups in total. The van der Waals surface area contributed by atoms with Gasteiger partial charge < -0.3 is 10.5 Å². The number of nitrogens with zero attached hydrogens (tertiary/aromatic N) is 1. The fraction of sp³-hybridized carbons (Fsp3) is 0.125. The molecule has 1 rings (SSSR count). The summed E-state index contributed by atoms with van der Waals surface area (Å²) >= 11 is 5.65. The number of urea groups is 1. The molecule has 0 unspecified atom stereocenters. The Morgan fingerprint density at radius 2 is 2.33 bits per heavy atom. The lowest BCUT2D eigenvalue weighted by molar-refractivity contribution is -0.121. The summed E-state index contributed by atoms with van der Waals surface area (Å²) in [5.41, 5.74) is 4.73. The van der Waals surface area contributed by atoms with E-state index in [0.29, 0.717) is 0 Å². The maximum atomic E-state index is 10.9. The molecule has 6 nitrogen and oxygen atoms in total. The predicted octanol–water partition coefficient (Wildman–Crippen LogP) is 0.309. The first kappa shape index (κ1) is 11.3. The van der Waals surface area contributed by atoms with Gasteiger partial charge in [0.15, 0.2) is 17.5 Å². The summed E-state index contributed by atoms with van der Waals surface area (Å²) in [5, 5.41) is 1.99. The monoisotopic (exact) mass is 229 g/mol. The van der Waals surface area contributed by atoms with Crippen LogP contribution >= 0.6 is 11.6 Å². The molecule has 0 spiro atoms. The lowest BCUT2D eigenvalue weighted by Gasteiger charge is -2.05. The number of primary amides is 1. The van der Waals surface area contributed by atoms with Crippen LogP contribution in [0.15, 0.2) is 18.3 Å². The maximum Gasteiger partial charge on any atom is 0.318 e. The van der Waals surface area contributed by atoms with E-state index in [-0.39, 0.29) is 17.5 Å². The zero-order chi connectivity index (χ0) is 11.3. The number of rotatable bonds is 3. The second kappa shape index (κ2) is 5.16. The quantitative estimate of drug-likeness (QED) is 0.730. The molecule has 15 heavy (non-hydrogen) atoms. The van der Waals surface area contributed by atoms with Crippen molar-refractivity contribution in [1.82, 2.24) is 10.3 Å². The van der Waals surface area contributed by atoms with E-state index in [1.54, 1.807) is 12.1 Å². The number of amides is 3. The van der Waals surface area contributed by atoms with Crippen molar-refractivity contribution >= 4 is 23.5 Å². The van der Waals surface area contributed by atoms with Gasteiger partial charge in [-0.1, -0.05) is 11.6 Å². The molecule has 0 fully saturated rings. The minimum atomic E-state index is -0.930. The Balaban J connectivity index is 2.47. The minimum absolute atomic E-state index is 0.143. The highest BCUT2D eigenvalue weighted by atomic mass is 35.5. The maximum absolute atomic E-state index is 10.9. The van der Waals surface area contributed by atoms with E-state index in [4.69, 9.17) is 22.1 Å². The van der Waals surface area contributed by atoms with Crippen LogP contribution in [0, 0.1) is 0 Å². The van der Waals surface area contributed by atoms with Gasteiger partial charge in [-0.15, -0.1) is 0 Å². The van der Waals surface area contributed by atoms with Crippen LogP contribution in [0.4, 0.5) is 4.79 Å². The molecule has 0 aliphatic rings. The highest BCUT2D eigenvalue weighted by Gasteiger charge is 2.07. The average molecular weight is 230 g/mol. The third kappa shape index (κ3) is 3.82. The number of aromatic nitrogens is 1. The van der Waals surface area contributed by atoms with Crippen LogP contribution in [-0.2, 0) is 4.79 Å². The van der Waals surface area contributed by atoms with Gasteiger partial charge in [-0.3, -0.25) is 10.1 Å². The van der Waals surface area contributed by atoms with Crippen molar-refractivity contribution in [1.29, 1.82) is 0 Å². The number of ether oxygens (including phenoxy) is 1. The Morgan fingerprint density at radius 3 is 2.93 bits per heavy atom. The van der Waals surface area contributed by atoms with Crippen molar-refractivity contribution in [2.75, 3.05) is 6.61 Å². The molecule has 0 saturated carbocycles. The van der Waals surface area contributed by atoms with Crippen LogP contribution in [0.5, 0.6) is 5.75 Å². The summed E-state index contributed by atoms with van der Waals surface area (Å²) < 4.78 is 4.99. The third-order valence-corrected chi connectivity index (χ3v) is 1.63. The fourth-order valence-electron chi connectivity index (χ4n) is 0.796. The van der Waals surface area contributed by atoms with E-state index < -0.39 is 11.9 Å². The first-order valence-corrected chi connectivity index (χ1v) is 4.30. The van der Waals surface area contributed by atoms with Gasteiger partial charge in [0.1, 0.15) is 0 Å². The van der Waals surface area contributed by atoms with Gasteiger partial charge >= 0.3 is 6.03 Å². The molecule has 0 saturated heterocycles. The van der Waals surface area contributed by atoms with Gasteiger partial charge in [-0.25, -0.2) is 9.78 Å². The predicted molar refractivity (Wildman–Crippen MR) is 52.5 cm³/mol. The number of hydrogen-bond donors (Lipinski definition) is 2. The van der Waals surface area contributed by atoms with Crippen LogP contribution in [0.3, 0.4) is 0 Å². The van der Waals surface area contributed by atoms with E-state index in [0.717, 1.165) is 0 Å². The summed E-state index contributed by atoms with van der Waals surface area (Å²) in [4.78, 5) is 25.0. The Bertz CT molecular complexity index is 383. The highest BCUT2D eigenvalue weighted by Crippen LogP contribution is 2.19. The lowest BCUT2D eigenvalue weighted by atomic mass is 10.4. The molecular formula is C8H8ClN3O3. The number of pyridine rings is 1. The van der Waals surface area contributed by atoms with Crippen molar-refractivity contribution in [3.63, 3.8) is 0 Å². The summed E-state index contributed by atoms with van der Waals surface area (Å²) in [5.74, 6) is -0.388. The van der Waals surface area contributed by atoms with Crippen LogP contribution < -0.4 is 15.8 Å². The molecule has 80 valence electrons. The van der Waals surface area contributed by atoms with E-state index in [2.05, 4.69) is 4.98 Å². The lowest BCUT2D eigenvalue weighted by Crippen LogP contribution is -2.38. The molecule has 7 heteroatoms. The number of nitrogens with one attached hydrogen (secondary N) is 1. The molecule has 1 aromatic heterocycles. The minimum Gasteiger partial charge on any atom is -0.481 e. The molecule has 0 atom stereocenters. The van der Waals surface area contributed by atoms with Crippen LogP contribution in [0.2, 0.25) is 5.15 Å². The van der Waals surface area contributed by atoms with Gasteiger partial charge in [0.25, 0.3) is 5.91 Å². The van der Waals surface area contributed by atoms with Crippen molar-refractivity contribution in [3.8, 4) is 5.75 Å². The van der Waals surface area contributed by atoms with Gasteiger partial charge in [-0.05, 0) is 12.1 Å². The number of halogens is 1. The highest BCUT2D eigenvalue weighted by molar-refractivity contribution is 6.30.